The SMILES string of the molecule is CN1CCN(CCCCCNC(=O)c2ccco2)CC1. The fraction of sp³-hybridized carbons (Fsp3) is 0.667. The van der Waals surface area contributed by atoms with E-state index < -0.39 is 0 Å². The Kier molecular flexibility index (Phi) is 6.08. The van der Waals surface area contributed by atoms with Gasteiger partial charge in [0.1, 0.15) is 0 Å². The number of hydrogen-bond acceptors (Lipinski definition) is 4. The molecule has 0 saturated carbocycles. The van der Waals surface area contributed by atoms with Gasteiger partial charge in [0.05, 0.1) is 6.26 Å². The highest BCUT2D eigenvalue weighted by molar-refractivity contribution is 5.91. The quantitative estimate of drug-likeness (QED) is 0.767. The van der Waals surface area contributed by atoms with Gasteiger partial charge in [-0.3, -0.25) is 4.79 Å². The Morgan fingerprint density at radius 1 is 1.25 bits per heavy atom. The number of carbonyl (C=O) groups is 1. The van der Waals surface area contributed by atoms with E-state index in [2.05, 4.69) is 22.2 Å². The number of carbonyl (C=O) groups excluding carboxylic acids is 1. The lowest BCUT2D eigenvalue weighted by molar-refractivity contribution is 0.0925. The van der Waals surface area contributed by atoms with Crippen LogP contribution in [0.4, 0.5) is 0 Å². The summed E-state index contributed by atoms with van der Waals surface area (Å²) in [5.74, 6) is 0.275. The topological polar surface area (TPSA) is 48.7 Å². The van der Waals surface area contributed by atoms with Crippen LogP contribution in [-0.2, 0) is 0 Å². The molecule has 112 valence electrons. The first-order chi connectivity index (χ1) is 9.75. The highest BCUT2D eigenvalue weighted by Gasteiger charge is 2.12. The van der Waals surface area contributed by atoms with Gasteiger partial charge in [0.2, 0.25) is 0 Å². The van der Waals surface area contributed by atoms with Crippen molar-refractivity contribution in [3.05, 3.63) is 24.2 Å². The lowest BCUT2D eigenvalue weighted by atomic mass is 10.2. The van der Waals surface area contributed by atoms with Crippen LogP contribution in [-0.4, -0.2) is 62.0 Å². The highest BCUT2D eigenvalue weighted by Crippen LogP contribution is 2.03. The zero-order chi connectivity index (χ0) is 14.2. The molecule has 20 heavy (non-hydrogen) atoms. The number of amides is 1. The average Bonchev–Trinajstić information content (AvgIpc) is 2.98. The van der Waals surface area contributed by atoms with Gasteiger partial charge in [0.25, 0.3) is 5.91 Å². The van der Waals surface area contributed by atoms with Gasteiger partial charge in [-0.15, -0.1) is 0 Å². The van der Waals surface area contributed by atoms with Crippen molar-refractivity contribution < 1.29 is 9.21 Å². The van der Waals surface area contributed by atoms with E-state index in [9.17, 15) is 4.79 Å². The van der Waals surface area contributed by atoms with Crippen molar-refractivity contribution in [2.24, 2.45) is 0 Å². The van der Waals surface area contributed by atoms with Crippen LogP contribution in [0.15, 0.2) is 22.8 Å². The van der Waals surface area contributed by atoms with Gasteiger partial charge >= 0.3 is 0 Å². The zero-order valence-corrected chi connectivity index (χ0v) is 12.3. The van der Waals surface area contributed by atoms with Crippen LogP contribution in [0.2, 0.25) is 0 Å². The smallest absolute Gasteiger partial charge is 0.286 e. The predicted octanol–water partition coefficient (Wildman–Crippen LogP) is 1.43. The third-order valence-corrected chi connectivity index (χ3v) is 3.78. The van der Waals surface area contributed by atoms with Crippen LogP contribution >= 0.6 is 0 Å². The Labute approximate surface area is 120 Å². The average molecular weight is 279 g/mol. The minimum atomic E-state index is -0.117. The summed E-state index contributed by atoms with van der Waals surface area (Å²) in [6.07, 6.45) is 4.91. The molecule has 1 aromatic rings. The lowest BCUT2D eigenvalue weighted by Crippen LogP contribution is -2.44. The van der Waals surface area contributed by atoms with E-state index in [1.54, 1.807) is 12.1 Å². The van der Waals surface area contributed by atoms with Crippen molar-refractivity contribution in [3.8, 4) is 0 Å². The molecule has 0 aliphatic carbocycles. The molecule has 1 fully saturated rings. The first-order valence-electron chi connectivity index (χ1n) is 7.48. The van der Waals surface area contributed by atoms with Crippen molar-refractivity contribution in [1.29, 1.82) is 0 Å². The van der Waals surface area contributed by atoms with Crippen LogP contribution in [0.25, 0.3) is 0 Å². The summed E-state index contributed by atoms with van der Waals surface area (Å²) in [6.45, 7) is 6.64. The van der Waals surface area contributed by atoms with E-state index in [1.165, 1.54) is 45.4 Å². The Bertz CT molecular complexity index is 384. The maximum absolute atomic E-state index is 11.6. The van der Waals surface area contributed by atoms with Crippen LogP contribution in [0.1, 0.15) is 29.8 Å². The number of piperazine rings is 1. The lowest BCUT2D eigenvalue weighted by Gasteiger charge is -2.32. The molecule has 2 rings (SSSR count). The van der Waals surface area contributed by atoms with E-state index in [1.807, 2.05) is 0 Å². The van der Waals surface area contributed by atoms with E-state index in [4.69, 9.17) is 4.42 Å². The first kappa shape index (κ1) is 15.1. The van der Waals surface area contributed by atoms with Crippen molar-refractivity contribution in [2.75, 3.05) is 46.3 Å². The third-order valence-electron chi connectivity index (χ3n) is 3.78. The number of hydrogen-bond donors (Lipinski definition) is 1. The summed E-state index contributed by atoms with van der Waals surface area (Å²) in [6, 6.07) is 3.41. The summed E-state index contributed by atoms with van der Waals surface area (Å²) in [5.41, 5.74) is 0. The maximum Gasteiger partial charge on any atom is 0.286 e. The van der Waals surface area contributed by atoms with Gasteiger partial charge in [0.15, 0.2) is 5.76 Å². The van der Waals surface area contributed by atoms with Gasteiger partial charge in [-0.1, -0.05) is 6.42 Å². The third kappa shape index (κ3) is 4.98. The van der Waals surface area contributed by atoms with Crippen molar-refractivity contribution >= 4 is 5.91 Å². The predicted molar refractivity (Wildman–Crippen MR) is 78.8 cm³/mol. The van der Waals surface area contributed by atoms with Gasteiger partial charge in [-0.25, -0.2) is 0 Å². The van der Waals surface area contributed by atoms with Gasteiger partial charge in [0, 0.05) is 32.7 Å². The number of unbranched alkanes of at least 4 members (excludes halogenated alkanes) is 2. The van der Waals surface area contributed by atoms with E-state index in [-0.39, 0.29) is 5.91 Å². The van der Waals surface area contributed by atoms with E-state index in [0.717, 1.165) is 19.4 Å². The molecule has 1 saturated heterocycles. The molecule has 2 heterocycles. The standard InChI is InChI=1S/C15H25N3O2/c1-17-9-11-18(12-10-17)8-4-2-3-7-16-15(19)14-6-5-13-20-14/h5-6,13H,2-4,7-12H2,1H3,(H,16,19). The largest absolute Gasteiger partial charge is 0.459 e. The summed E-state index contributed by atoms with van der Waals surface area (Å²) < 4.78 is 5.04. The summed E-state index contributed by atoms with van der Waals surface area (Å²) in [4.78, 5) is 16.5. The minimum Gasteiger partial charge on any atom is -0.459 e. The van der Waals surface area contributed by atoms with Gasteiger partial charge in [-0.05, 0) is 38.6 Å². The van der Waals surface area contributed by atoms with Crippen molar-refractivity contribution in [3.63, 3.8) is 0 Å². The number of nitrogens with zero attached hydrogens (tertiary/aromatic N) is 2. The number of rotatable bonds is 7. The molecular formula is C15H25N3O2. The maximum atomic E-state index is 11.6. The van der Waals surface area contributed by atoms with Gasteiger partial charge < -0.3 is 19.5 Å². The Morgan fingerprint density at radius 2 is 2.05 bits per heavy atom. The minimum absolute atomic E-state index is 0.117. The molecule has 1 aromatic heterocycles. The van der Waals surface area contributed by atoms with E-state index >= 15 is 0 Å². The monoisotopic (exact) mass is 279 g/mol. The van der Waals surface area contributed by atoms with Gasteiger partial charge in [-0.2, -0.15) is 0 Å². The molecule has 1 N–H and O–H groups in total. The van der Waals surface area contributed by atoms with Crippen LogP contribution in [0, 0.1) is 0 Å². The second-order valence-electron chi connectivity index (χ2n) is 5.44. The molecule has 5 nitrogen and oxygen atoms in total. The Hall–Kier alpha value is -1.33. The number of likely N-dealkylation sites (N-methyl/N-ethyl adjacent to an activating group) is 1. The first-order valence-corrected chi connectivity index (χ1v) is 7.48. The molecule has 0 spiro atoms. The zero-order valence-electron chi connectivity index (χ0n) is 12.3. The highest BCUT2D eigenvalue weighted by atomic mass is 16.3. The molecule has 5 heteroatoms. The fourth-order valence-electron chi connectivity index (χ4n) is 2.41. The molecule has 1 amide bonds. The number of furan rings is 1. The summed E-state index contributed by atoms with van der Waals surface area (Å²) in [7, 11) is 2.18. The molecule has 1 aliphatic heterocycles. The molecule has 0 unspecified atom stereocenters. The summed E-state index contributed by atoms with van der Waals surface area (Å²) in [5, 5.41) is 2.88. The second-order valence-corrected chi connectivity index (χ2v) is 5.44. The fourth-order valence-corrected chi connectivity index (χ4v) is 2.41. The normalized spacial score (nSPS) is 17.2. The van der Waals surface area contributed by atoms with Crippen molar-refractivity contribution in [2.45, 2.75) is 19.3 Å². The summed E-state index contributed by atoms with van der Waals surface area (Å²) >= 11 is 0. The Morgan fingerprint density at radius 3 is 2.75 bits per heavy atom. The molecule has 1 aliphatic rings. The molecular weight excluding hydrogens is 254 g/mol. The Balaban J connectivity index is 1.47. The van der Waals surface area contributed by atoms with Crippen LogP contribution < -0.4 is 5.32 Å². The van der Waals surface area contributed by atoms with Crippen LogP contribution in [0.3, 0.4) is 0 Å². The van der Waals surface area contributed by atoms with Crippen molar-refractivity contribution in [1.82, 2.24) is 15.1 Å². The molecule has 0 bridgehead atoms. The second kappa shape index (κ2) is 8.07. The number of nitrogens with one attached hydrogen (secondary N) is 1. The van der Waals surface area contributed by atoms with E-state index in [0.29, 0.717) is 5.76 Å². The molecule has 0 atom stereocenters. The van der Waals surface area contributed by atoms with Crippen LogP contribution in [0.5, 0.6) is 0 Å². The molecule has 0 aromatic carbocycles. The molecule has 0 radical (unpaired) electrons.